The van der Waals surface area contributed by atoms with Gasteiger partial charge in [-0.3, -0.25) is 45.4 Å². The molecule has 0 bridgehead atoms. The van der Waals surface area contributed by atoms with Gasteiger partial charge in [-0.1, -0.05) is 29.5 Å². The summed E-state index contributed by atoms with van der Waals surface area (Å²) in [6, 6.07) is 0. The van der Waals surface area contributed by atoms with Crippen LogP contribution in [0.1, 0.15) is 44.9 Å². The average Bonchev–Trinajstić information content (AvgIpc) is 4.51. The van der Waals surface area contributed by atoms with Gasteiger partial charge in [-0.2, -0.15) is 0 Å². The van der Waals surface area contributed by atoms with Crippen LogP contribution in [0.5, 0.6) is 0 Å². The molecule has 12 N–H and O–H groups in total. The molecule has 6 aromatic rings. The lowest BCUT2D eigenvalue weighted by atomic mass is 9.89. The van der Waals surface area contributed by atoms with Crippen molar-refractivity contribution in [2.75, 3.05) is 67.2 Å². The highest BCUT2D eigenvalue weighted by atomic mass is 127. The third kappa shape index (κ3) is 12.9. The van der Waals surface area contributed by atoms with Crippen molar-refractivity contribution in [2.24, 2.45) is 0 Å². The van der Waals surface area contributed by atoms with Gasteiger partial charge in [0.1, 0.15) is 90.0 Å². The molecule has 10 rings (SSSR count). The van der Waals surface area contributed by atoms with Crippen LogP contribution in [0.25, 0.3) is 33.5 Å². The number of fused-ring (bicyclic) bond motifs is 4. The Morgan fingerprint density at radius 2 is 1.21 bits per heavy atom. The summed E-state index contributed by atoms with van der Waals surface area (Å²) in [5, 5.41) is 21.1. The van der Waals surface area contributed by atoms with Crippen LogP contribution in [0.4, 0.5) is 17.5 Å². The molecule has 4 aliphatic heterocycles. The fourth-order valence-corrected chi connectivity index (χ4v) is 15.4. The molecule has 0 spiro atoms. The van der Waals surface area contributed by atoms with Crippen molar-refractivity contribution in [1.29, 1.82) is 0 Å². The van der Waals surface area contributed by atoms with Gasteiger partial charge in [0.05, 0.1) is 56.6 Å². The van der Waals surface area contributed by atoms with Crippen LogP contribution in [0.3, 0.4) is 0 Å². The van der Waals surface area contributed by atoms with Gasteiger partial charge >= 0.3 is 30.3 Å². The number of aromatic nitrogens is 12. The van der Waals surface area contributed by atoms with Crippen LogP contribution in [-0.4, -0.2) is 193 Å². The summed E-state index contributed by atoms with van der Waals surface area (Å²) in [4.78, 5) is 81.8. The van der Waals surface area contributed by atoms with Crippen LogP contribution in [-0.2, 0) is 73.6 Å². The zero-order chi connectivity index (χ0) is 58.4. The summed E-state index contributed by atoms with van der Waals surface area (Å²) in [6.45, 7) is -6.22. The molecule has 0 radical (unpaired) electrons. The van der Waals surface area contributed by atoms with E-state index in [0.717, 1.165) is 19.0 Å². The van der Waals surface area contributed by atoms with Gasteiger partial charge in [-0.25, -0.2) is 63.1 Å². The van der Waals surface area contributed by atoms with Gasteiger partial charge in [-0.15, -0.1) is 0 Å². The monoisotopic (exact) mass is 1370 g/mol. The first-order valence-corrected chi connectivity index (χ1v) is 33.7. The zero-order valence-corrected chi connectivity index (χ0v) is 49.0. The first kappa shape index (κ1) is 61.4. The smallest absolute Gasteiger partial charge is 0.394 e. The third-order valence-corrected chi connectivity index (χ3v) is 19.7. The Labute approximate surface area is 479 Å². The van der Waals surface area contributed by atoms with Crippen molar-refractivity contribution in [2.45, 2.75) is 99.3 Å². The topological polar surface area (TPSA) is 509 Å². The van der Waals surface area contributed by atoms with Crippen molar-refractivity contribution in [3.8, 4) is 0 Å². The van der Waals surface area contributed by atoms with Crippen LogP contribution >= 0.6 is 64.2 Å². The maximum absolute atomic E-state index is 14.4. The minimum Gasteiger partial charge on any atom is -0.394 e. The average molecular weight is 1370 g/mol. The quantitative estimate of drug-likeness (QED) is 0.0210. The number of nitrogens with zero attached hydrogens (tertiary/aromatic N) is 12. The molecular weight excluding hydrogens is 1310 g/mol. The number of imidazole rings is 3. The van der Waals surface area contributed by atoms with E-state index in [1.165, 1.54) is 32.7 Å². The summed E-state index contributed by atoms with van der Waals surface area (Å²) < 4.78 is 128. The standard InChI is InChI=1S/C39H54IN15O22P4S/c1-2-8-82-81(64,65)77-28-29-39(4-3-6-66-29,74-38(28)55-18-52-23-32(43)46-15-49-35(23)55)11-71-80(62,63)75-26-24(57)19(72-36(26)53-16-50-21-30(41)44-13-47-33(21)53)9-70-79(60,61)76-27-25(67-12-40)20(10-69-78(58,59)68-7-5-56)73-37(27)54-17-51-22-31(42)45-14-48-34(22)54/h13-20,24-29,36-38,56-57H,2-12H2,1H3,(H,58,59)(H,60,61)(H,62,63)(H,64,65)(H2,41,44,47)(H2,42,45,48)(H2,43,46,49)/t19-,20-,24?,25?,26?,27?,28?,29?,36-,37-,38-,39-/m1/s1. The lowest BCUT2D eigenvalue weighted by molar-refractivity contribution is -0.165. The molecule has 43 heteroatoms. The van der Waals surface area contributed by atoms with E-state index in [1.807, 2.05) is 29.5 Å². The summed E-state index contributed by atoms with van der Waals surface area (Å²) >= 11 is 2.51. The van der Waals surface area contributed by atoms with Crippen molar-refractivity contribution in [3.05, 3.63) is 38.0 Å². The number of hydrogen-bond donors (Lipinski definition) is 9. The van der Waals surface area contributed by atoms with Crippen molar-refractivity contribution in [1.82, 2.24) is 58.6 Å². The Bertz CT molecular complexity index is 3450. The Balaban J connectivity index is 0.903. The maximum atomic E-state index is 14.4. The second-order valence-corrected chi connectivity index (χ2v) is 27.3. The number of nitrogens with two attached hydrogens (primary N) is 3. The van der Waals surface area contributed by atoms with Crippen LogP contribution in [0.2, 0.25) is 0 Å². The van der Waals surface area contributed by atoms with E-state index in [0.29, 0.717) is 24.2 Å². The molecular formula is C39H54IN15O22P4S. The van der Waals surface area contributed by atoms with Crippen molar-refractivity contribution < 1.29 is 103 Å². The summed E-state index contributed by atoms with van der Waals surface area (Å²) in [7, 11) is -15.7. The number of hydrogen-bond acceptors (Lipinski definition) is 31. The highest BCUT2D eigenvalue weighted by Crippen LogP contribution is 2.62. The minimum atomic E-state index is -5.46. The van der Waals surface area contributed by atoms with Gasteiger partial charge in [-0.05, 0) is 30.6 Å². The largest absolute Gasteiger partial charge is 0.472 e. The van der Waals surface area contributed by atoms with E-state index < -0.39 is 136 Å². The van der Waals surface area contributed by atoms with Gasteiger partial charge in [0.25, 0.3) is 0 Å². The maximum Gasteiger partial charge on any atom is 0.472 e. The zero-order valence-electron chi connectivity index (χ0n) is 42.5. The number of phosphoric ester groups is 3. The number of phosphoric acid groups is 3. The molecule has 0 amide bonds. The van der Waals surface area contributed by atoms with Gasteiger partial charge < -0.3 is 70.7 Å². The van der Waals surface area contributed by atoms with E-state index in [9.17, 15) is 42.9 Å². The second kappa shape index (κ2) is 25.0. The third-order valence-electron chi connectivity index (χ3n) is 13.2. The number of nitrogen functional groups attached to an aromatic ring is 3. The predicted molar refractivity (Wildman–Crippen MR) is 286 cm³/mol. The van der Waals surface area contributed by atoms with Gasteiger partial charge in [0, 0.05) is 12.4 Å². The number of halogens is 1. The fourth-order valence-electron chi connectivity index (χ4n) is 9.66. The highest BCUT2D eigenvalue weighted by Gasteiger charge is 2.62. The Kier molecular flexibility index (Phi) is 18.7. The SMILES string of the molecule is CCCSP(=O)(O)OC1C2OCCC[C@]2(COP(=O)(O)OC2C(O)[C@@H](COP(=O)(O)OC3C(OCI)[C@@H](COP(=O)(O)OCCO)O[C@H]3n3cnc4c(N)ncnc43)O[C@H]2n2cnc3c(N)ncnc32)O[C@H]1n1cnc2c(N)ncnc21. The lowest BCUT2D eigenvalue weighted by Crippen LogP contribution is -2.51. The van der Waals surface area contributed by atoms with Crippen LogP contribution in [0, 0.1) is 0 Å². The van der Waals surface area contributed by atoms with Crippen LogP contribution < -0.4 is 17.2 Å². The molecule has 0 aliphatic carbocycles. The first-order chi connectivity index (χ1) is 39.1. The first-order valence-electron chi connectivity index (χ1n) is 24.5. The molecule has 16 atom stereocenters. The highest BCUT2D eigenvalue weighted by molar-refractivity contribution is 14.1. The summed E-state index contributed by atoms with van der Waals surface area (Å²) in [6.07, 6.45) is -9.21. The number of rotatable bonds is 26. The van der Waals surface area contributed by atoms with E-state index >= 15 is 0 Å². The van der Waals surface area contributed by atoms with Gasteiger partial charge in [0.2, 0.25) is 0 Å². The Morgan fingerprint density at radius 1 is 0.683 bits per heavy atom. The van der Waals surface area contributed by atoms with E-state index in [2.05, 4.69) is 44.9 Å². The predicted octanol–water partition coefficient (Wildman–Crippen LogP) is 1.39. The second-order valence-electron chi connectivity index (χ2n) is 18.4. The Morgan fingerprint density at radius 3 is 1.78 bits per heavy atom. The number of anilines is 3. The fraction of sp³-hybridized carbons (Fsp3) is 0.615. The number of aliphatic hydroxyl groups is 2. The minimum absolute atomic E-state index is 0.0109. The molecule has 4 saturated heterocycles. The summed E-state index contributed by atoms with van der Waals surface area (Å²) in [5.74, 6) is 0.157. The van der Waals surface area contributed by atoms with Crippen LogP contribution in [0.15, 0.2) is 38.0 Å². The summed E-state index contributed by atoms with van der Waals surface area (Å²) in [5.41, 5.74) is 17.0. The molecule has 4 fully saturated rings. The molecule has 0 saturated carbocycles. The molecule has 4 aliphatic rings. The number of aliphatic hydroxyl groups excluding tert-OH is 2. The molecule has 450 valence electrons. The van der Waals surface area contributed by atoms with Gasteiger partial charge in [0.15, 0.2) is 53.1 Å². The van der Waals surface area contributed by atoms with Crippen molar-refractivity contribution in [3.63, 3.8) is 0 Å². The normalized spacial score (nSPS) is 30.6. The number of alkyl halides is 1. The van der Waals surface area contributed by atoms with Crippen molar-refractivity contribution >= 4 is 115 Å². The molecule has 82 heavy (non-hydrogen) atoms. The molecule has 0 aromatic carbocycles. The number of ether oxygens (including phenoxy) is 5. The van der Waals surface area contributed by atoms with E-state index in [1.54, 1.807) is 0 Å². The lowest BCUT2D eigenvalue weighted by Gasteiger charge is -2.38. The molecule has 10 heterocycles. The molecule has 6 aromatic heterocycles. The Hall–Kier alpha value is -3.67. The molecule has 37 nitrogen and oxygen atoms in total. The van der Waals surface area contributed by atoms with E-state index in [-0.39, 0.29) is 74.3 Å². The molecule has 10 unspecified atom stereocenters. The van der Waals surface area contributed by atoms with E-state index in [4.69, 9.17) is 77.7 Å².